The Bertz CT molecular complexity index is 764. The van der Waals surface area contributed by atoms with Gasteiger partial charge in [-0.3, -0.25) is 4.79 Å². The van der Waals surface area contributed by atoms with Crippen molar-refractivity contribution in [2.24, 2.45) is 0 Å². The molecule has 0 aliphatic carbocycles. The summed E-state index contributed by atoms with van der Waals surface area (Å²) in [6.45, 7) is 2.14. The zero-order chi connectivity index (χ0) is 19.2. The number of amides is 1. The van der Waals surface area contributed by atoms with Gasteiger partial charge >= 0.3 is 11.9 Å². The van der Waals surface area contributed by atoms with E-state index in [0.29, 0.717) is 16.5 Å². The molecule has 2 aliphatic rings. The molecule has 1 aromatic carbocycles. The molecule has 3 rings (SSSR count). The molecule has 1 aromatic rings. The Kier molecular flexibility index (Phi) is 6.23. The number of carbonyl (C=O) groups is 3. The number of carbonyl (C=O) groups excluding carboxylic acids is 3. The molecule has 0 unspecified atom stereocenters. The van der Waals surface area contributed by atoms with E-state index >= 15 is 0 Å². The fraction of sp³-hybridized carbons (Fsp3) is 0.389. The van der Waals surface area contributed by atoms with Gasteiger partial charge in [0.15, 0.2) is 11.5 Å². The highest BCUT2D eigenvalue weighted by Crippen LogP contribution is 2.31. The smallest absolute Gasteiger partial charge is 0.351 e. The molecule has 27 heavy (non-hydrogen) atoms. The van der Waals surface area contributed by atoms with E-state index in [1.54, 1.807) is 25.1 Å². The zero-order valence-corrected chi connectivity index (χ0v) is 15.5. The standard InChI is InChI=1S/C18H19NO7S/c1-2-23-17(21)9-16-19(15(20)11-27-16)7-8-24-18(22)14-10-25-12-5-3-4-6-13(12)26-14/h3-6,9,14H,2,7-8,10-11H2,1H3/b16-9-/t14-/m1/s1. The predicted octanol–water partition coefficient (Wildman–Crippen LogP) is 1.35. The number of rotatable bonds is 6. The van der Waals surface area contributed by atoms with Crippen LogP contribution in [0.15, 0.2) is 35.4 Å². The van der Waals surface area contributed by atoms with Crippen LogP contribution in [0.5, 0.6) is 11.5 Å². The number of esters is 2. The van der Waals surface area contributed by atoms with Crippen molar-refractivity contribution in [3.05, 3.63) is 35.4 Å². The van der Waals surface area contributed by atoms with Gasteiger partial charge in [0.05, 0.1) is 30.0 Å². The Labute approximate surface area is 160 Å². The second-order valence-electron chi connectivity index (χ2n) is 5.60. The molecule has 0 spiro atoms. The van der Waals surface area contributed by atoms with Crippen LogP contribution in [0.4, 0.5) is 0 Å². The number of para-hydroxylation sites is 2. The minimum absolute atomic E-state index is 0.0210. The highest BCUT2D eigenvalue weighted by atomic mass is 32.2. The molecule has 2 aliphatic heterocycles. The summed E-state index contributed by atoms with van der Waals surface area (Å²) in [5.74, 6) is 0.0577. The van der Waals surface area contributed by atoms with Gasteiger partial charge in [-0.25, -0.2) is 9.59 Å². The van der Waals surface area contributed by atoms with Crippen molar-refractivity contribution in [2.45, 2.75) is 13.0 Å². The highest BCUT2D eigenvalue weighted by molar-refractivity contribution is 8.04. The number of hydrogen-bond acceptors (Lipinski definition) is 8. The van der Waals surface area contributed by atoms with Gasteiger partial charge in [-0.15, -0.1) is 0 Å². The molecule has 2 heterocycles. The summed E-state index contributed by atoms with van der Waals surface area (Å²) >= 11 is 1.24. The average Bonchev–Trinajstić information content (AvgIpc) is 3.01. The summed E-state index contributed by atoms with van der Waals surface area (Å²) < 4.78 is 21.1. The maximum Gasteiger partial charge on any atom is 0.351 e. The molecule has 0 N–H and O–H groups in total. The van der Waals surface area contributed by atoms with E-state index in [-0.39, 0.29) is 38.0 Å². The summed E-state index contributed by atoms with van der Waals surface area (Å²) in [6, 6.07) is 7.06. The minimum Gasteiger partial charge on any atom is -0.485 e. The minimum atomic E-state index is -0.863. The molecule has 1 amide bonds. The molecule has 1 fully saturated rings. The molecule has 0 radical (unpaired) electrons. The first-order valence-electron chi connectivity index (χ1n) is 8.45. The van der Waals surface area contributed by atoms with Crippen LogP contribution >= 0.6 is 11.8 Å². The van der Waals surface area contributed by atoms with E-state index in [1.165, 1.54) is 22.7 Å². The Balaban J connectivity index is 1.50. The number of nitrogens with zero attached hydrogens (tertiary/aromatic N) is 1. The first kappa shape index (κ1) is 19.1. The largest absolute Gasteiger partial charge is 0.485 e. The third-order valence-corrected chi connectivity index (χ3v) is 4.79. The molecule has 1 atom stereocenters. The van der Waals surface area contributed by atoms with Gasteiger partial charge < -0.3 is 23.8 Å². The second-order valence-corrected chi connectivity index (χ2v) is 6.60. The van der Waals surface area contributed by atoms with Crippen LogP contribution in [0.2, 0.25) is 0 Å². The SMILES string of the molecule is CCOC(=O)/C=C1\SCC(=O)N1CCOC(=O)[C@H]1COc2ccccc2O1. The van der Waals surface area contributed by atoms with Crippen LogP contribution in [0.1, 0.15) is 6.92 Å². The monoisotopic (exact) mass is 393 g/mol. The van der Waals surface area contributed by atoms with Crippen LogP contribution in [0, 0.1) is 0 Å². The Morgan fingerprint density at radius 2 is 2.07 bits per heavy atom. The third-order valence-electron chi connectivity index (χ3n) is 3.77. The Morgan fingerprint density at radius 1 is 1.30 bits per heavy atom. The molecule has 9 heteroatoms. The van der Waals surface area contributed by atoms with E-state index in [2.05, 4.69) is 0 Å². The highest BCUT2D eigenvalue weighted by Gasteiger charge is 2.30. The third kappa shape index (κ3) is 4.73. The maximum absolute atomic E-state index is 12.2. The summed E-state index contributed by atoms with van der Waals surface area (Å²) in [5.41, 5.74) is 0. The van der Waals surface area contributed by atoms with E-state index in [0.717, 1.165) is 0 Å². The molecular formula is C18H19NO7S. The van der Waals surface area contributed by atoms with E-state index in [1.807, 2.05) is 6.07 Å². The normalized spacial score (nSPS) is 19.9. The summed E-state index contributed by atoms with van der Waals surface area (Å²) in [7, 11) is 0. The lowest BCUT2D eigenvalue weighted by molar-refractivity contribution is -0.155. The van der Waals surface area contributed by atoms with Crippen molar-refractivity contribution in [1.82, 2.24) is 4.90 Å². The van der Waals surface area contributed by atoms with Gasteiger partial charge in [-0.1, -0.05) is 23.9 Å². The molecule has 0 bridgehead atoms. The summed E-state index contributed by atoms with van der Waals surface area (Å²) in [5, 5.41) is 0.487. The lowest BCUT2D eigenvalue weighted by atomic mass is 10.2. The van der Waals surface area contributed by atoms with Gasteiger partial charge in [0.1, 0.15) is 13.2 Å². The van der Waals surface area contributed by atoms with Crippen LogP contribution in [0.3, 0.4) is 0 Å². The summed E-state index contributed by atoms with van der Waals surface area (Å²) in [6.07, 6.45) is 0.411. The van der Waals surface area contributed by atoms with Crippen LogP contribution in [-0.4, -0.2) is 61.0 Å². The fourth-order valence-corrected chi connectivity index (χ4v) is 3.48. The fourth-order valence-electron chi connectivity index (χ4n) is 2.52. The van der Waals surface area contributed by atoms with Crippen LogP contribution in [0.25, 0.3) is 0 Å². The van der Waals surface area contributed by atoms with Gasteiger partial charge in [0, 0.05) is 0 Å². The van der Waals surface area contributed by atoms with Crippen LogP contribution in [-0.2, 0) is 23.9 Å². The molecular weight excluding hydrogens is 374 g/mol. The van der Waals surface area contributed by atoms with Gasteiger partial charge in [0.25, 0.3) is 0 Å². The van der Waals surface area contributed by atoms with Crippen molar-refractivity contribution in [3.8, 4) is 11.5 Å². The maximum atomic E-state index is 12.2. The first-order valence-corrected chi connectivity index (χ1v) is 9.43. The van der Waals surface area contributed by atoms with Crippen molar-refractivity contribution in [3.63, 3.8) is 0 Å². The lowest BCUT2D eigenvalue weighted by Gasteiger charge is -2.25. The average molecular weight is 393 g/mol. The predicted molar refractivity (Wildman–Crippen MR) is 96.2 cm³/mol. The number of thioether (sulfide) groups is 1. The number of benzene rings is 1. The topological polar surface area (TPSA) is 91.4 Å². The Morgan fingerprint density at radius 3 is 2.85 bits per heavy atom. The number of fused-ring (bicyclic) bond motifs is 1. The van der Waals surface area contributed by atoms with Crippen molar-refractivity contribution in [2.75, 3.05) is 32.1 Å². The molecule has 144 valence electrons. The van der Waals surface area contributed by atoms with Gasteiger partial charge in [-0.2, -0.15) is 0 Å². The summed E-state index contributed by atoms with van der Waals surface area (Å²) in [4.78, 5) is 37.1. The first-order chi connectivity index (χ1) is 13.1. The second kappa shape index (κ2) is 8.81. The van der Waals surface area contributed by atoms with Crippen molar-refractivity contribution >= 4 is 29.6 Å². The van der Waals surface area contributed by atoms with Crippen molar-refractivity contribution < 1.29 is 33.3 Å². The lowest BCUT2D eigenvalue weighted by Crippen LogP contribution is -2.39. The molecule has 0 saturated carbocycles. The number of ether oxygens (including phenoxy) is 4. The van der Waals surface area contributed by atoms with Crippen LogP contribution < -0.4 is 9.47 Å². The Hall–Kier alpha value is -2.68. The van der Waals surface area contributed by atoms with E-state index in [4.69, 9.17) is 18.9 Å². The van der Waals surface area contributed by atoms with Gasteiger partial charge in [0.2, 0.25) is 12.0 Å². The van der Waals surface area contributed by atoms with E-state index < -0.39 is 18.0 Å². The zero-order valence-electron chi connectivity index (χ0n) is 14.7. The number of hydrogen-bond donors (Lipinski definition) is 0. The molecule has 8 nitrogen and oxygen atoms in total. The van der Waals surface area contributed by atoms with E-state index in [9.17, 15) is 14.4 Å². The molecule has 0 aromatic heterocycles. The van der Waals surface area contributed by atoms with Gasteiger partial charge in [-0.05, 0) is 19.1 Å². The quantitative estimate of drug-likeness (QED) is 0.528. The molecule has 1 saturated heterocycles. The van der Waals surface area contributed by atoms with Crippen molar-refractivity contribution in [1.29, 1.82) is 0 Å².